The topological polar surface area (TPSA) is 24.9 Å². The fourth-order valence-corrected chi connectivity index (χ4v) is 3.47. The Labute approximate surface area is 141 Å². The maximum Gasteiger partial charge on any atom is 0.123 e. The Balaban J connectivity index is 1.98. The fraction of sp³-hybridized carbons (Fsp3) is 0.684. The predicted molar refractivity (Wildman–Crippen MR) is 94.9 cm³/mol. The molecule has 4 nitrogen and oxygen atoms in total. The van der Waals surface area contributed by atoms with Gasteiger partial charge in [0.2, 0.25) is 0 Å². The van der Waals surface area contributed by atoms with Crippen LogP contribution in [0.5, 0.6) is 5.75 Å². The van der Waals surface area contributed by atoms with Crippen LogP contribution < -0.4 is 4.74 Å². The van der Waals surface area contributed by atoms with Gasteiger partial charge in [0.25, 0.3) is 0 Å². The highest BCUT2D eigenvalue weighted by molar-refractivity contribution is 5.37. The summed E-state index contributed by atoms with van der Waals surface area (Å²) in [6.45, 7) is 5.23. The molecule has 4 heteroatoms. The third-order valence-corrected chi connectivity index (χ3v) is 4.57. The second-order valence-electron chi connectivity index (χ2n) is 6.91. The molecule has 1 aliphatic rings. The van der Waals surface area contributed by atoms with Gasteiger partial charge in [-0.3, -0.25) is 4.90 Å². The summed E-state index contributed by atoms with van der Waals surface area (Å²) in [6.07, 6.45) is 3.82. The van der Waals surface area contributed by atoms with E-state index in [9.17, 15) is 0 Å². The predicted octanol–water partition coefficient (Wildman–Crippen LogP) is 3.01. The van der Waals surface area contributed by atoms with Gasteiger partial charge in [0.15, 0.2) is 0 Å². The van der Waals surface area contributed by atoms with Crippen LogP contribution in [0.2, 0.25) is 0 Å². The second-order valence-corrected chi connectivity index (χ2v) is 6.91. The Morgan fingerprint density at radius 1 is 1.26 bits per heavy atom. The van der Waals surface area contributed by atoms with Gasteiger partial charge in [-0.1, -0.05) is 6.07 Å². The molecule has 2 rings (SSSR count). The van der Waals surface area contributed by atoms with E-state index in [2.05, 4.69) is 42.1 Å². The van der Waals surface area contributed by atoms with E-state index in [-0.39, 0.29) is 0 Å². The van der Waals surface area contributed by atoms with Crippen LogP contribution in [-0.4, -0.2) is 57.8 Å². The van der Waals surface area contributed by atoms with Crippen LogP contribution in [0.3, 0.4) is 0 Å². The van der Waals surface area contributed by atoms with Gasteiger partial charge in [0.1, 0.15) is 5.75 Å². The molecule has 0 aromatic heterocycles. The highest BCUT2D eigenvalue weighted by atomic mass is 16.5. The van der Waals surface area contributed by atoms with Gasteiger partial charge in [-0.15, -0.1) is 0 Å². The summed E-state index contributed by atoms with van der Waals surface area (Å²) in [5.74, 6) is 1.77. The second kappa shape index (κ2) is 9.26. The molecule has 130 valence electrons. The van der Waals surface area contributed by atoms with Crippen molar-refractivity contribution in [3.05, 3.63) is 29.3 Å². The molecule has 1 heterocycles. The number of likely N-dealkylation sites (tertiary alicyclic amines) is 1. The molecule has 1 saturated heterocycles. The van der Waals surface area contributed by atoms with Gasteiger partial charge in [-0.05, 0) is 63.5 Å². The first-order valence-corrected chi connectivity index (χ1v) is 8.64. The van der Waals surface area contributed by atoms with Gasteiger partial charge >= 0.3 is 0 Å². The molecule has 1 aromatic rings. The normalized spacial score (nSPS) is 19.3. The summed E-state index contributed by atoms with van der Waals surface area (Å²) in [5, 5.41) is 0. The van der Waals surface area contributed by atoms with Crippen LogP contribution in [0.25, 0.3) is 0 Å². The molecule has 1 atom stereocenters. The van der Waals surface area contributed by atoms with E-state index in [1.165, 1.54) is 43.5 Å². The van der Waals surface area contributed by atoms with Gasteiger partial charge in [0, 0.05) is 38.9 Å². The Kier molecular flexibility index (Phi) is 7.34. The third kappa shape index (κ3) is 5.79. The van der Waals surface area contributed by atoms with Crippen molar-refractivity contribution in [2.24, 2.45) is 5.92 Å². The van der Waals surface area contributed by atoms with Gasteiger partial charge < -0.3 is 14.4 Å². The van der Waals surface area contributed by atoms with E-state index >= 15 is 0 Å². The maximum absolute atomic E-state index is 5.50. The number of hydrogen-bond donors (Lipinski definition) is 0. The van der Waals surface area contributed by atoms with E-state index in [1.54, 1.807) is 14.2 Å². The molecular formula is C19H32N2O2. The number of hydrogen-bond acceptors (Lipinski definition) is 4. The fourth-order valence-electron chi connectivity index (χ4n) is 3.47. The highest BCUT2D eigenvalue weighted by Gasteiger charge is 2.20. The van der Waals surface area contributed by atoms with Crippen molar-refractivity contribution in [1.29, 1.82) is 0 Å². The highest BCUT2D eigenvalue weighted by Crippen LogP contribution is 2.24. The molecule has 0 amide bonds. The summed E-state index contributed by atoms with van der Waals surface area (Å²) in [6, 6.07) is 6.62. The van der Waals surface area contributed by atoms with Gasteiger partial charge in [0.05, 0.1) is 7.11 Å². The molecule has 1 aromatic carbocycles. The average molecular weight is 320 g/mol. The molecule has 23 heavy (non-hydrogen) atoms. The first-order chi connectivity index (χ1) is 11.1. The first-order valence-electron chi connectivity index (χ1n) is 8.64. The van der Waals surface area contributed by atoms with E-state index in [4.69, 9.17) is 9.47 Å². The Morgan fingerprint density at radius 2 is 2.09 bits per heavy atom. The minimum absolute atomic E-state index is 0.781. The molecular weight excluding hydrogens is 288 g/mol. The number of piperidine rings is 1. The van der Waals surface area contributed by atoms with Crippen LogP contribution in [0.15, 0.2) is 18.2 Å². The first kappa shape index (κ1) is 18.2. The van der Waals surface area contributed by atoms with Crippen LogP contribution in [0, 0.1) is 5.92 Å². The molecule has 0 radical (unpaired) electrons. The summed E-state index contributed by atoms with van der Waals surface area (Å²) >= 11 is 0. The van der Waals surface area contributed by atoms with Crippen molar-refractivity contribution < 1.29 is 9.47 Å². The summed E-state index contributed by atoms with van der Waals surface area (Å²) in [7, 11) is 7.73. The Bertz CT molecular complexity index is 476. The van der Waals surface area contributed by atoms with Crippen LogP contribution in [-0.2, 0) is 17.8 Å². The lowest BCUT2D eigenvalue weighted by Crippen LogP contribution is -2.35. The van der Waals surface area contributed by atoms with E-state index in [0.717, 1.165) is 31.4 Å². The number of ether oxygens (including phenoxy) is 2. The summed E-state index contributed by atoms with van der Waals surface area (Å²) in [5.41, 5.74) is 2.65. The van der Waals surface area contributed by atoms with Crippen LogP contribution in [0.4, 0.5) is 0 Å². The van der Waals surface area contributed by atoms with E-state index in [0.29, 0.717) is 0 Å². The Hall–Kier alpha value is -1.10. The molecule has 0 unspecified atom stereocenters. The summed E-state index contributed by atoms with van der Waals surface area (Å²) in [4.78, 5) is 4.77. The molecule has 0 bridgehead atoms. The molecule has 0 aliphatic carbocycles. The third-order valence-electron chi connectivity index (χ3n) is 4.57. The standard InChI is InChI=1S/C19H32N2O2/c1-20(2)15-18-12-17(7-8-19(18)23-4)14-21-10-5-6-16(13-21)9-11-22-3/h7-8,12,16H,5-6,9-11,13-15H2,1-4H3/t16-/m1/s1. The lowest BCUT2D eigenvalue weighted by Gasteiger charge is -2.32. The largest absolute Gasteiger partial charge is 0.496 e. The van der Waals surface area contributed by atoms with Gasteiger partial charge in [-0.2, -0.15) is 0 Å². The lowest BCUT2D eigenvalue weighted by molar-refractivity contribution is 0.123. The van der Waals surface area contributed by atoms with E-state index < -0.39 is 0 Å². The monoisotopic (exact) mass is 320 g/mol. The van der Waals surface area contributed by atoms with Crippen molar-refractivity contribution >= 4 is 0 Å². The molecule has 1 fully saturated rings. The smallest absolute Gasteiger partial charge is 0.123 e. The minimum Gasteiger partial charge on any atom is -0.496 e. The van der Waals surface area contributed by atoms with Crippen LogP contribution in [0.1, 0.15) is 30.4 Å². The zero-order valence-corrected chi connectivity index (χ0v) is 15.2. The number of methoxy groups -OCH3 is 2. The molecule has 0 spiro atoms. The SMILES string of the molecule is COCC[C@H]1CCCN(Cc2ccc(OC)c(CN(C)C)c2)C1. The van der Waals surface area contributed by atoms with Crippen molar-refractivity contribution in [2.45, 2.75) is 32.4 Å². The quantitative estimate of drug-likeness (QED) is 0.735. The van der Waals surface area contributed by atoms with Crippen LogP contribution >= 0.6 is 0 Å². The number of nitrogens with zero attached hydrogens (tertiary/aromatic N) is 2. The summed E-state index contributed by atoms with van der Waals surface area (Å²) < 4.78 is 10.7. The number of rotatable bonds is 8. The van der Waals surface area contributed by atoms with E-state index in [1.807, 2.05) is 0 Å². The molecule has 0 N–H and O–H groups in total. The number of benzene rings is 1. The van der Waals surface area contributed by atoms with Crippen molar-refractivity contribution in [3.63, 3.8) is 0 Å². The maximum atomic E-state index is 5.50. The zero-order valence-electron chi connectivity index (χ0n) is 15.2. The average Bonchev–Trinajstić information content (AvgIpc) is 2.53. The molecule has 0 saturated carbocycles. The Morgan fingerprint density at radius 3 is 2.78 bits per heavy atom. The van der Waals surface area contributed by atoms with Crippen molar-refractivity contribution in [1.82, 2.24) is 9.80 Å². The van der Waals surface area contributed by atoms with Crippen molar-refractivity contribution in [2.75, 3.05) is 48.0 Å². The zero-order chi connectivity index (χ0) is 16.7. The van der Waals surface area contributed by atoms with Crippen molar-refractivity contribution in [3.8, 4) is 5.75 Å². The lowest BCUT2D eigenvalue weighted by atomic mass is 9.94. The minimum atomic E-state index is 0.781. The molecule has 1 aliphatic heterocycles. The van der Waals surface area contributed by atoms with Gasteiger partial charge in [-0.25, -0.2) is 0 Å².